The second-order valence-electron chi connectivity index (χ2n) is 11.6. The van der Waals surface area contributed by atoms with Crippen LogP contribution in [-0.4, -0.2) is 51.7 Å². The molecule has 11 heteroatoms. The molecule has 7 rings (SSSR count). The summed E-state index contributed by atoms with van der Waals surface area (Å²) in [7, 11) is 1.61. The highest BCUT2D eigenvalue weighted by Gasteiger charge is 2.69. The molecule has 1 aromatic heterocycles. The van der Waals surface area contributed by atoms with Gasteiger partial charge in [0.2, 0.25) is 11.8 Å². The Morgan fingerprint density at radius 1 is 1.07 bits per heavy atom. The van der Waals surface area contributed by atoms with E-state index in [1.807, 2.05) is 49.4 Å². The summed E-state index contributed by atoms with van der Waals surface area (Å²) in [6.07, 6.45) is 0.513. The third-order valence-corrected chi connectivity index (χ3v) is 12.1. The van der Waals surface area contributed by atoms with Crippen molar-refractivity contribution in [3.8, 4) is 11.5 Å². The number of H-pyrrole nitrogens is 1. The van der Waals surface area contributed by atoms with E-state index in [4.69, 9.17) is 14.6 Å². The number of aryl methyl sites for hydroxylation is 1. The van der Waals surface area contributed by atoms with Crippen LogP contribution in [0.3, 0.4) is 0 Å². The third-order valence-electron chi connectivity index (χ3n) is 9.56. The zero-order valence-electron chi connectivity index (χ0n) is 23.1. The maximum atomic E-state index is 13.5. The topological polar surface area (TPSA) is 126 Å². The fourth-order valence-corrected chi connectivity index (χ4v) is 10.7. The van der Waals surface area contributed by atoms with E-state index in [2.05, 4.69) is 4.98 Å². The van der Waals surface area contributed by atoms with Crippen molar-refractivity contribution in [2.45, 2.75) is 42.6 Å². The zero-order chi connectivity index (χ0) is 29.3. The van der Waals surface area contributed by atoms with Gasteiger partial charge in [-0.2, -0.15) is 0 Å². The molecule has 6 unspecified atom stereocenters. The van der Waals surface area contributed by atoms with Crippen molar-refractivity contribution in [1.29, 1.82) is 0 Å². The monoisotopic (exact) mass is 606 g/mol. The van der Waals surface area contributed by atoms with Gasteiger partial charge >= 0.3 is 10.8 Å². The maximum Gasteiger partial charge on any atom is 0.305 e. The number of aliphatic carboxylic acids is 1. The molecule has 2 N–H and O–H groups in total. The molecule has 1 saturated heterocycles. The van der Waals surface area contributed by atoms with Crippen LogP contribution in [-0.2, 0) is 21.0 Å². The molecule has 3 aromatic rings. The minimum Gasteiger partial charge on any atom is -0.493 e. The minimum absolute atomic E-state index is 0.0149. The van der Waals surface area contributed by atoms with Gasteiger partial charge in [0.1, 0.15) is 6.61 Å². The number of thioether (sulfide) groups is 1. The first-order valence-electron chi connectivity index (χ1n) is 14.1. The van der Waals surface area contributed by atoms with Gasteiger partial charge in [0.05, 0.1) is 30.4 Å². The summed E-state index contributed by atoms with van der Waals surface area (Å²) in [5.74, 6) is -1.35. The largest absolute Gasteiger partial charge is 0.493 e. The van der Waals surface area contributed by atoms with Crippen LogP contribution in [0.25, 0.3) is 0 Å². The molecule has 0 spiro atoms. The molecule has 2 bridgehead atoms. The second-order valence-corrected chi connectivity index (χ2v) is 13.8. The molecule has 2 saturated carbocycles. The number of thiazole rings is 1. The molecule has 2 amide bonds. The number of carbonyl (C=O) groups excluding carboxylic acids is 2. The first-order chi connectivity index (χ1) is 20.3. The van der Waals surface area contributed by atoms with Gasteiger partial charge in [-0.3, -0.25) is 24.1 Å². The minimum atomic E-state index is -1.03. The van der Waals surface area contributed by atoms with Crippen LogP contribution >= 0.6 is 23.1 Å². The second kappa shape index (κ2) is 10.3. The Bertz CT molecular complexity index is 1660. The Balaban J connectivity index is 1.23. The summed E-state index contributed by atoms with van der Waals surface area (Å²) in [4.78, 5) is 55.7. The van der Waals surface area contributed by atoms with Gasteiger partial charge in [-0.15, -0.1) is 11.8 Å². The van der Waals surface area contributed by atoms with Crippen molar-refractivity contribution in [2.24, 2.45) is 29.6 Å². The van der Waals surface area contributed by atoms with Gasteiger partial charge in [-0.1, -0.05) is 41.7 Å². The van der Waals surface area contributed by atoms with E-state index in [0.29, 0.717) is 18.1 Å². The lowest BCUT2D eigenvalue weighted by Crippen LogP contribution is -2.42. The van der Waals surface area contributed by atoms with Gasteiger partial charge in [-0.05, 0) is 59.9 Å². The number of amides is 2. The number of rotatable bonds is 8. The van der Waals surface area contributed by atoms with E-state index < -0.39 is 17.8 Å². The summed E-state index contributed by atoms with van der Waals surface area (Å²) < 4.78 is 11.9. The number of carboxylic acids is 1. The molecule has 4 aliphatic rings. The normalized spacial score (nSPS) is 28.9. The molecular formula is C31H30N2O7S2. The van der Waals surface area contributed by atoms with Crippen LogP contribution in [0.15, 0.2) is 52.3 Å². The van der Waals surface area contributed by atoms with Crippen LogP contribution < -0.4 is 14.3 Å². The quantitative estimate of drug-likeness (QED) is 0.364. The van der Waals surface area contributed by atoms with Crippen molar-refractivity contribution in [1.82, 2.24) is 9.88 Å². The van der Waals surface area contributed by atoms with Crippen molar-refractivity contribution >= 4 is 40.9 Å². The van der Waals surface area contributed by atoms with E-state index in [1.54, 1.807) is 18.9 Å². The van der Waals surface area contributed by atoms with E-state index >= 15 is 0 Å². The van der Waals surface area contributed by atoms with Crippen LogP contribution in [0, 0.1) is 36.5 Å². The molecule has 2 aliphatic carbocycles. The number of aromatic nitrogens is 1. The Kier molecular flexibility index (Phi) is 6.69. The summed E-state index contributed by atoms with van der Waals surface area (Å²) in [5, 5.41) is 10.0. The van der Waals surface area contributed by atoms with Gasteiger partial charge in [0, 0.05) is 22.6 Å². The Labute approximate surface area is 250 Å². The molecule has 0 radical (unpaired) electrons. The number of hydrogen-bond donors (Lipinski definition) is 2. The van der Waals surface area contributed by atoms with Crippen molar-refractivity contribution in [2.75, 3.05) is 13.7 Å². The average molecular weight is 607 g/mol. The van der Waals surface area contributed by atoms with Gasteiger partial charge in [0.25, 0.3) is 0 Å². The Morgan fingerprint density at radius 2 is 1.83 bits per heavy atom. The van der Waals surface area contributed by atoms with E-state index in [0.717, 1.165) is 33.0 Å². The summed E-state index contributed by atoms with van der Waals surface area (Å²) >= 11 is 2.83. The molecule has 218 valence electrons. The lowest BCUT2D eigenvalue weighted by molar-refractivity contribution is -0.142. The lowest BCUT2D eigenvalue weighted by atomic mass is 9.68. The van der Waals surface area contributed by atoms with E-state index in [9.17, 15) is 19.2 Å². The molecule has 7 atom stereocenters. The smallest absolute Gasteiger partial charge is 0.305 e. The van der Waals surface area contributed by atoms with Crippen molar-refractivity contribution < 1.29 is 29.0 Å². The van der Waals surface area contributed by atoms with Crippen molar-refractivity contribution in [3.05, 3.63) is 73.7 Å². The number of carboxylic acid groups (broad SMARTS) is 1. The number of imide groups is 1. The Morgan fingerprint density at radius 3 is 2.57 bits per heavy atom. The van der Waals surface area contributed by atoms with E-state index in [1.165, 1.54) is 16.2 Å². The fourth-order valence-electron chi connectivity index (χ4n) is 7.80. The lowest BCUT2D eigenvalue weighted by Gasteiger charge is -2.43. The SMILES string of the molecule is COc1cc([C@H]2c3sc(=O)[nH]c3SC3C4CC(C5C(=O)N(CCC(=O)O)C(=O)C45)C32)ccc1OCc1ccccc1C. The number of carbonyl (C=O) groups is 3. The van der Waals surface area contributed by atoms with Crippen LogP contribution in [0.4, 0.5) is 0 Å². The molecule has 42 heavy (non-hydrogen) atoms. The van der Waals surface area contributed by atoms with Gasteiger partial charge in [-0.25, -0.2) is 0 Å². The number of nitrogens with zero attached hydrogens (tertiary/aromatic N) is 1. The van der Waals surface area contributed by atoms with Crippen LogP contribution in [0.2, 0.25) is 0 Å². The number of aromatic amines is 1. The zero-order valence-corrected chi connectivity index (χ0v) is 24.7. The van der Waals surface area contributed by atoms with Gasteiger partial charge < -0.3 is 19.6 Å². The molecular weight excluding hydrogens is 576 g/mol. The first kappa shape index (κ1) is 27.3. The van der Waals surface area contributed by atoms with Crippen molar-refractivity contribution in [3.63, 3.8) is 0 Å². The number of fused-ring (bicyclic) bond motifs is 9. The van der Waals surface area contributed by atoms with E-state index in [-0.39, 0.29) is 58.6 Å². The number of hydrogen-bond acceptors (Lipinski definition) is 8. The highest BCUT2D eigenvalue weighted by Crippen LogP contribution is 2.68. The van der Waals surface area contributed by atoms with Crippen LogP contribution in [0.5, 0.6) is 11.5 Å². The molecule has 2 aliphatic heterocycles. The number of methoxy groups -OCH3 is 1. The highest BCUT2D eigenvalue weighted by molar-refractivity contribution is 8.00. The maximum absolute atomic E-state index is 13.5. The summed E-state index contributed by atoms with van der Waals surface area (Å²) in [5.41, 5.74) is 3.21. The fraction of sp³-hybridized carbons (Fsp3) is 0.419. The predicted molar refractivity (Wildman–Crippen MR) is 156 cm³/mol. The summed E-state index contributed by atoms with van der Waals surface area (Å²) in [6.45, 7) is 2.36. The summed E-state index contributed by atoms with van der Waals surface area (Å²) in [6, 6.07) is 14.0. The number of nitrogens with one attached hydrogen (secondary N) is 1. The number of likely N-dealkylation sites (tertiary alicyclic amines) is 1. The molecule has 2 aromatic carbocycles. The standard InChI is InChI=1S/C31H30N2O7S2/c1-14-5-3-4-6-16(14)13-40-19-8-7-15(11-20(19)39-2)22-23-17-12-18(26(23)41-28-27(22)42-31(38)32-28)25-24(17)29(36)33(30(25)37)10-9-21(34)35/h3-8,11,17-18,22-26H,9-10,12-13H2,1-2H3,(H,32,38)(H,34,35)/t17?,18?,22-,23?,24?,25?,26?/m1/s1. The van der Waals surface area contributed by atoms with Gasteiger partial charge in [0.15, 0.2) is 11.5 Å². The van der Waals surface area contributed by atoms with Crippen LogP contribution in [0.1, 0.15) is 40.3 Å². The predicted octanol–water partition coefficient (Wildman–Crippen LogP) is 4.28. The molecule has 3 fully saturated rings. The third kappa shape index (κ3) is 4.19. The molecule has 3 heterocycles. The Hall–Kier alpha value is -3.57. The number of benzene rings is 2. The number of ether oxygens (including phenoxy) is 2. The first-order valence-corrected chi connectivity index (χ1v) is 15.8. The molecule has 9 nitrogen and oxygen atoms in total. The average Bonchev–Trinajstić information content (AvgIpc) is 3.70. The highest BCUT2D eigenvalue weighted by atomic mass is 32.2.